The minimum Gasteiger partial charge on any atom is -0.423 e. The Kier molecular flexibility index (Phi) is 5.81. The number of hydrogen-bond acceptors (Lipinski definition) is 6. The first-order valence-electron chi connectivity index (χ1n) is 10.6. The molecule has 37 heavy (non-hydrogen) atoms. The minimum atomic E-state index is -5.73. The number of nitrogens with zero attached hydrogens (tertiary/aromatic N) is 4. The third-order valence-corrected chi connectivity index (χ3v) is 5.79. The summed E-state index contributed by atoms with van der Waals surface area (Å²) in [4.78, 5) is 0. The highest BCUT2D eigenvalue weighted by atomic mass is 19.4. The average Bonchev–Trinajstić information content (AvgIpc) is 3.57. The first-order chi connectivity index (χ1) is 17.6. The van der Waals surface area contributed by atoms with Crippen molar-refractivity contribution >= 4 is 0 Å². The van der Waals surface area contributed by atoms with Crippen molar-refractivity contribution in [2.45, 2.75) is 17.8 Å². The molecule has 2 aromatic heterocycles. The van der Waals surface area contributed by atoms with Gasteiger partial charge in [0.15, 0.2) is 0 Å². The van der Waals surface area contributed by atoms with Crippen molar-refractivity contribution in [1.82, 2.24) is 20.4 Å². The summed E-state index contributed by atoms with van der Waals surface area (Å²) >= 11 is 0. The SMILES string of the molecule is FC(F)(F)C(c1ccc(-c2nnco2)cc1)(c1ccc(-c2nnc(-c3ccccc3)o2)cc1)C(F)(F)F. The van der Waals surface area contributed by atoms with Crippen molar-refractivity contribution in [1.29, 1.82) is 0 Å². The predicted octanol–water partition coefficient (Wildman–Crippen LogP) is 6.86. The van der Waals surface area contributed by atoms with E-state index < -0.39 is 28.9 Å². The van der Waals surface area contributed by atoms with E-state index in [2.05, 4.69) is 20.4 Å². The molecule has 0 aliphatic carbocycles. The number of rotatable bonds is 5. The van der Waals surface area contributed by atoms with E-state index in [4.69, 9.17) is 8.83 Å². The molecule has 0 atom stereocenters. The maximum atomic E-state index is 14.4. The molecule has 5 rings (SSSR count). The van der Waals surface area contributed by atoms with Gasteiger partial charge in [-0.15, -0.1) is 20.4 Å². The molecule has 0 radical (unpaired) electrons. The van der Waals surface area contributed by atoms with Crippen molar-refractivity contribution in [3.63, 3.8) is 0 Å². The fourth-order valence-electron chi connectivity index (χ4n) is 4.04. The molecule has 0 aliphatic rings. The van der Waals surface area contributed by atoms with Gasteiger partial charge in [0.25, 0.3) is 0 Å². The Morgan fingerprint density at radius 2 is 0.973 bits per heavy atom. The Labute approximate surface area is 204 Å². The zero-order valence-electron chi connectivity index (χ0n) is 18.5. The van der Waals surface area contributed by atoms with Crippen LogP contribution in [0.25, 0.3) is 34.4 Å². The first kappa shape index (κ1) is 24.2. The molecule has 2 heterocycles. The molecule has 188 valence electrons. The number of aromatic nitrogens is 4. The molecule has 12 heteroatoms. The van der Waals surface area contributed by atoms with Crippen LogP contribution in [0, 0.1) is 0 Å². The monoisotopic (exact) mass is 516 g/mol. The van der Waals surface area contributed by atoms with Crippen molar-refractivity contribution < 1.29 is 35.2 Å². The van der Waals surface area contributed by atoms with E-state index in [9.17, 15) is 26.3 Å². The number of benzene rings is 3. The van der Waals surface area contributed by atoms with Crippen molar-refractivity contribution in [2.75, 3.05) is 0 Å². The molecule has 0 saturated heterocycles. The second kappa shape index (κ2) is 8.87. The van der Waals surface area contributed by atoms with Gasteiger partial charge in [-0.1, -0.05) is 42.5 Å². The summed E-state index contributed by atoms with van der Waals surface area (Å²) < 4.78 is 97.1. The van der Waals surface area contributed by atoms with E-state index in [0.29, 0.717) is 5.56 Å². The summed E-state index contributed by atoms with van der Waals surface area (Å²) in [6.07, 6.45) is -10.5. The second-order valence-electron chi connectivity index (χ2n) is 7.92. The molecule has 0 spiro atoms. The zero-order chi connectivity index (χ0) is 26.3. The second-order valence-corrected chi connectivity index (χ2v) is 7.92. The van der Waals surface area contributed by atoms with Crippen LogP contribution in [0.4, 0.5) is 26.3 Å². The molecular formula is C25H14F6N4O2. The van der Waals surface area contributed by atoms with Crippen molar-refractivity contribution in [2.24, 2.45) is 0 Å². The van der Waals surface area contributed by atoms with E-state index in [1.807, 2.05) is 0 Å². The first-order valence-corrected chi connectivity index (χ1v) is 10.6. The number of alkyl halides is 6. The molecule has 0 saturated carbocycles. The van der Waals surface area contributed by atoms with Crippen LogP contribution in [0.5, 0.6) is 0 Å². The van der Waals surface area contributed by atoms with Gasteiger partial charge >= 0.3 is 12.4 Å². The van der Waals surface area contributed by atoms with Gasteiger partial charge in [-0.3, -0.25) is 0 Å². The van der Waals surface area contributed by atoms with Crippen LogP contribution in [0.1, 0.15) is 11.1 Å². The van der Waals surface area contributed by atoms with E-state index in [1.54, 1.807) is 30.3 Å². The van der Waals surface area contributed by atoms with Crippen molar-refractivity contribution in [3.8, 4) is 34.4 Å². The van der Waals surface area contributed by atoms with Gasteiger partial charge in [0, 0.05) is 16.7 Å². The molecule has 6 nitrogen and oxygen atoms in total. The summed E-state index contributed by atoms with van der Waals surface area (Å²) in [6.45, 7) is 0. The molecule has 0 N–H and O–H groups in total. The fraction of sp³-hybridized carbons (Fsp3) is 0.120. The maximum Gasteiger partial charge on any atom is 0.411 e. The van der Waals surface area contributed by atoms with Gasteiger partial charge in [0.2, 0.25) is 29.5 Å². The molecule has 5 aromatic rings. The van der Waals surface area contributed by atoms with Crippen LogP contribution in [0.2, 0.25) is 0 Å². The highest BCUT2D eigenvalue weighted by Crippen LogP contribution is 2.56. The molecule has 0 aliphatic heterocycles. The van der Waals surface area contributed by atoms with Gasteiger partial charge in [-0.25, -0.2) is 0 Å². The molecule has 0 fully saturated rings. The summed E-state index contributed by atoms with van der Waals surface area (Å²) in [5.74, 6) is 0.0508. The largest absolute Gasteiger partial charge is 0.423 e. The minimum absolute atomic E-state index is 0.0463. The lowest BCUT2D eigenvalue weighted by atomic mass is 9.72. The van der Waals surface area contributed by atoms with E-state index in [-0.39, 0.29) is 28.8 Å². The lowest BCUT2D eigenvalue weighted by Gasteiger charge is -2.38. The predicted molar refractivity (Wildman–Crippen MR) is 118 cm³/mol. The molecule has 0 amide bonds. The van der Waals surface area contributed by atoms with Crippen LogP contribution >= 0.6 is 0 Å². The van der Waals surface area contributed by atoms with Gasteiger partial charge in [0.05, 0.1) is 0 Å². The highest BCUT2D eigenvalue weighted by molar-refractivity contribution is 5.60. The van der Waals surface area contributed by atoms with Crippen LogP contribution < -0.4 is 0 Å². The number of halogens is 6. The zero-order valence-corrected chi connectivity index (χ0v) is 18.5. The Morgan fingerprint density at radius 3 is 1.41 bits per heavy atom. The lowest BCUT2D eigenvalue weighted by Crippen LogP contribution is -2.54. The molecule has 3 aromatic carbocycles. The van der Waals surface area contributed by atoms with Gasteiger partial charge in [-0.05, 0) is 47.5 Å². The van der Waals surface area contributed by atoms with Crippen molar-refractivity contribution in [3.05, 3.63) is 96.4 Å². The van der Waals surface area contributed by atoms with Crippen LogP contribution in [-0.2, 0) is 5.41 Å². The van der Waals surface area contributed by atoms with E-state index in [1.165, 1.54) is 0 Å². The third kappa shape index (κ3) is 4.13. The molecule has 0 bridgehead atoms. The fourth-order valence-corrected chi connectivity index (χ4v) is 4.04. The Morgan fingerprint density at radius 1 is 0.514 bits per heavy atom. The Hall–Kier alpha value is -4.48. The average molecular weight is 516 g/mol. The molecule has 0 unspecified atom stereocenters. The third-order valence-electron chi connectivity index (χ3n) is 5.79. The highest BCUT2D eigenvalue weighted by Gasteiger charge is 2.72. The van der Waals surface area contributed by atoms with E-state index >= 15 is 0 Å². The van der Waals surface area contributed by atoms with Gasteiger partial charge in [0.1, 0.15) is 0 Å². The van der Waals surface area contributed by atoms with Gasteiger partial charge < -0.3 is 8.83 Å². The summed E-state index contributed by atoms with van der Waals surface area (Å²) in [5.41, 5.74) is -5.42. The maximum absolute atomic E-state index is 14.4. The van der Waals surface area contributed by atoms with Crippen LogP contribution in [-0.4, -0.2) is 32.7 Å². The van der Waals surface area contributed by atoms with Crippen LogP contribution in [0.15, 0.2) is 94.1 Å². The Bertz CT molecular complexity index is 1460. The normalized spacial score (nSPS) is 12.6. The van der Waals surface area contributed by atoms with Gasteiger partial charge in [-0.2, -0.15) is 26.3 Å². The standard InChI is InChI=1S/C25H14F6N4O2/c26-24(27,28)23(25(29,30)31,18-10-6-16(7-11-18)20-33-32-14-36-20)19-12-8-17(9-13-19)22-35-34-21(37-22)15-4-2-1-3-5-15/h1-14H. The summed E-state index contributed by atoms with van der Waals surface area (Å²) in [7, 11) is 0. The summed E-state index contributed by atoms with van der Waals surface area (Å²) in [6, 6.07) is 16.0. The lowest BCUT2D eigenvalue weighted by molar-refractivity contribution is -0.288. The topological polar surface area (TPSA) is 77.8 Å². The Balaban J connectivity index is 1.57. The number of hydrogen-bond donors (Lipinski definition) is 0. The molecular weight excluding hydrogens is 502 g/mol. The van der Waals surface area contributed by atoms with Crippen LogP contribution in [0.3, 0.4) is 0 Å². The smallest absolute Gasteiger partial charge is 0.411 e. The summed E-state index contributed by atoms with van der Waals surface area (Å²) in [5, 5.41) is 14.8. The quantitative estimate of drug-likeness (QED) is 0.238. The van der Waals surface area contributed by atoms with E-state index in [0.717, 1.165) is 54.9 Å².